The number of carbonyl (C=O) groups is 2. The van der Waals surface area contributed by atoms with Crippen LogP contribution in [0.4, 0.5) is 0 Å². The lowest BCUT2D eigenvalue weighted by molar-refractivity contribution is 0.0973. The first-order valence-electron chi connectivity index (χ1n) is 26.5. The number of hydrogen-bond donors (Lipinski definition) is 0. The van der Waals surface area contributed by atoms with Crippen LogP contribution in [-0.2, 0) is 0 Å². The lowest BCUT2D eigenvalue weighted by Crippen LogP contribution is -2.20. The number of allylic oxidation sites excluding steroid dienone is 24. The molecular weight excluding hydrogens is 825 g/mol. The van der Waals surface area contributed by atoms with Crippen molar-refractivity contribution in [3.8, 4) is 0 Å². The molecule has 0 atom stereocenters. The van der Waals surface area contributed by atoms with Crippen molar-refractivity contribution in [1.29, 1.82) is 0 Å². The van der Waals surface area contributed by atoms with Gasteiger partial charge in [0.1, 0.15) is 0 Å². The Morgan fingerprint density at radius 1 is 0.324 bits per heavy atom. The predicted octanol–water partition coefficient (Wildman–Crippen LogP) is 21.0. The average molecular weight is 921 g/mol. The van der Waals surface area contributed by atoms with E-state index in [9.17, 15) is 9.59 Å². The van der Waals surface area contributed by atoms with Crippen molar-refractivity contribution in [2.24, 2.45) is 0 Å². The Hall–Kier alpha value is -4.56. The molecule has 0 aromatic heterocycles. The number of rotatable bonds is 32. The Bertz CT molecular complexity index is 2140. The van der Waals surface area contributed by atoms with Crippen molar-refractivity contribution in [2.45, 2.75) is 225 Å². The lowest BCUT2D eigenvalue weighted by atomic mass is 9.83. The lowest BCUT2D eigenvalue weighted by Gasteiger charge is -2.18. The summed E-state index contributed by atoms with van der Waals surface area (Å²) in [6, 6.07) is 7.17. The largest absolute Gasteiger partial charge is 0.289 e. The Morgan fingerprint density at radius 2 is 0.544 bits per heavy atom. The van der Waals surface area contributed by atoms with Crippen LogP contribution >= 0.6 is 0 Å². The van der Waals surface area contributed by atoms with Crippen LogP contribution in [0.1, 0.15) is 246 Å². The summed E-state index contributed by atoms with van der Waals surface area (Å²) >= 11 is 0. The second kappa shape index (κ2) is 34.7. The van der Waals surface area contributed by atoms with E-state index in [-0.39, 0.29) is 11.6 Å². The van der Waals surface area contributed by atoms with E-state index >= 15 is 0 Å². The molecule has 0 saturated heterocycles. The molecule has 68 heavy (non-hydrogen) atoms. The molecule has 372 valence electrons. The zero-order valence-corrected chi connectivity index (χ0v) is 45.8. The molecular formula is C66H96O2. The molecule has 0 fully saturated rings. The number of fused-ring (bicyclic) bond motifs is 1. The first kappa shape index (κ1) is 59.6. The zero-order valence-electron chi connectivity index (χ0n) is 45.8. The highest BCUT2D eigenvalue weighted by atomic mass is 16.1. The molecule has 2 heteroatoms. The van der Waals surface area contributed by atoms with Gasteiger partial charge < -0.3 is 0 Å². The number of carbonyl (C=O) groups excluding carboxylic acids is 2. The minimum Gasteiger partial charge on any atom is -0.289 e. The van der Waals surface area contributed by atoms with Gasteiger partial charge in [-0.1, -0.05) is 152 Å². The molecule has 0 aliphatic heterocycles. The molecule has 1 aliphatic carbocycles. The Kier molecular flexibility index (Phi) is 30.4. The van der Waals surface area contributed by atoms with Gasteiger partial charge in [0.2, 0.25) is 0 Å². The molecule has 0 saturated carbocycles. The van der Waals surface area contributed by atoms with Crippen LogP contribution < -0.4 is 0 Å². The van der Waals surface area contributed by atoms with Crippen LogP contribution in [0.25, 0.3) is 0 Å². The Balaban J connectivity index is 1.57. The molecule has 2 nitrogen and oxygen atoms in total. The fourth-order valence-corrected chi connectivity index (χ4v) is 8.60. The van der Waals surface area contributed by atoms with Crippen LogP contribution in [0.2, 0.25) is 0 Å². The minimum absolute atomic E-state index is 0.00888. The maximum absolute atomic E-state index is 13.1. The minimum atomic E-state index is -0.0234. The summed E-state index contributed by atoms with van der Waals surface area (Å²) in [6.45, 7) is 28.9. The Labute approximate surface area is 418 Å². The summed E-state index contributed by atoms with van der Waals surface area (Å²) in [4.78, 5) is 25.9. The monoisotopic (exact) mass is 921 g/mol. The van der Waals surface area contributed by atoms with Crippen LogP contribution in [0.5, 0.6) is 0 Å². The standard InChI is InChI=1S/C66H96O2/c1-50(2)26-16-27-51(3)28-17-29-52(4)30-18-31-53(5)32-19-33-54(6)34-20-35-55(7)36-21-37-56(8)38-22-39-57(9)40-23-41-58(10)42-24-43-59(11)44-25-45-60(12)48-49-62-61(13)65(67)63-46-14-15-47-64(63)66(62)68/h14-15,26,28,30,32,34,36,38,40,42,44,46-48H,16-25,27,29,31,33,35,37,39,41,43,45,49H2,1-13H3/b51-28+,52-30+,53-32+,54-34+,55-36+,56-38+,57-40+,58-42+,59-44+,60-48+. The van der Waals surface area contributed by atoms with Crippen LogP contribution in [0.3, 0.4) is 0 Å². The van der Waals surface area contributed by atoms with Gasteiger partial charge in [0.05, 0.1) is 0 Å². The number of ketones is 2. The third-order valence-electron chi connectivity index (χ3n) is 13.5. The molecule has 0 radical (unpaired) electrons. The summed E-state index contributed by atoms with van der Waals surface area (Å²) in [6.07, 6.45) is 49.5. The van der Waals surface area contributed by atoms with Gasteiger partial charge in [-0.3, -0.25) is 9.59 Å². The molecule has 0 unspecified atom stereocenters. The highest BCUT2D eigenvalue weighted by molar-refractivity contribution is 6.26. The fourth-order valence-electron chi connectivity index (χ4n) is 8.60. The normalized spacial score (nSPS) is 15.5. The van der Waals surface area contributed by atoms with Gasteiger partial charge in [-0.05, 0) is 225 Å². The predicted molar refractivity (Wildman–Crippen MR) is 302 cm³/mol. The van der Waals surface area contributed by atoms with Crippen molar-refractivity contribution in [1.82, 2.24) is 0 Å². The molecule has 0 spiro atoms. The summed E-state index contributed by atoms with van der Waals surface area (Å²) in [5.41, 5.74) is 18.5. The molecule has 0 heterocycles. The van der Waals surface area contributed by atoms with E-state index in [0.29, 0.717) is 28.7 Å². The fraction of sp³-hybridized carbons (Fsp3) is 0.515. The zero-order chi connectivity index (χ0) is 50.3. The van der Waals surface area contributed by atoms with Crippen molar-refractivity contribution >= 4 is 11.6 Å². The van der Waals surface area contributed by atoms with Gasteiger partial charge in [-0.2, -0.15) is 0 Å². The second-order valence-electron chi connectivity index (χ2n) is 20.7. The third kappa shape index (κ3) is 26.8. The summed E-state index contributed by atoms with van der Waals surface area (Å²) < 4.78 is 0. The van der Waals surface area contributed by atoms with Crippen molar-refractivity contribution < 1.29 is 9.59 Å². The molecule has 1 aromatic carbocycles. The van der Waals surface area contributed by atoms with E-state index in [4.69, 9.17) is 0 Å². The van der Waals surface area contributed by atoms with E-state index in [2.05, 4.69) is 150 Å². The Morgan fingerprint density at radius 3 is 0.794 bits per heavy atom. The van der Waals surface area contributed by atoms with Crippen LogP contribution in [-0.4, -0.2) is 11.6 Å². The van der Waals surface area contributed by atoms with E-state index in [1.807, 2.05) is 12.1 Å². The van der Waals surface area contributed by atoms with Crippen molar-refractivity contribution in [3.63, 3.8) is 0 Å². The quantitative estimate of drug-likeness (QED) is 0.0675. The molecule has 0 amide bonds. The van der Waals surface area contributed by atoms with Crippen molar-refractivity contribution in [2.75, 3.05) is 0 Å². The van der Waals surface area contributed by atoms with E-state index in [0.717, 1.165) is 103 Å². The van der Waals surface area contributed by atoms with E-state index in [1.54, 1.807) is 19.1 Å². The summed E-state index contributed by atoms with van der Waals surface area (Å²) in [7, 11) is 0. The number of hydrogen-bond acceptors (Lipinski definition) is 2. The molecule has 1 aromatic rings. The van der Waals surface area contributed by atoms with Gasteiger partial charge in [0.25, 0.3) is 0 Å². The maximum atomic E-state index is 13.1. The highest BCUT2D eigenvalue weighted by Gasteiger charge is 2.28. The first-order chi connectivity index (χ1) is 32.5. The smallest absolute Gasteiger partial charge is 0.190 e. The average Bonchev–Trinajstić information content (AvgIpc) is 3.28. The molecule has 1 aliphatic rings. The molecule has 0 bridgehead atoms. The van der Waals surface area contributed by atoms with Crippen LogP contribution in [0, 0.1) is 0 Å². The van der Waals surface area contributed by atoms with E-state index in [1.165, 1.54) is 87.0 Å². The molecule has 2 rings (SSSR count). The van der Waals surface area contributed by atoms with Crippen LogP contribution in [0.15, 0.2) is 164 Å². The summed E-state index contributed by atoms with van der Waals surface area (Å²) in [5, 5.41) is 0. The van der Waals surface area contributed by atoms with E-state index < -0.39 is 0 Å². The number of benzene rings is 1. The third-order valence-corrected chi connectivity index (χ3v) is 13.5. The first-order valence-corrected chi connectivity index (χ1v) is 26.5. The second-order valence-corrected chi connectivity index (χ2v) is 20.7. The van der Waals surface area contributed by atoms with Gasteiger partial charge in [-0.15, -0.1) is 0 Å². The topological polar surface area (TPSA) is 34.1 Å². The highest BCUT2D eigenvalue weighted by Crippen LogP contribution is 2.29. The van der Waals surface area contributed by atoms with Gasteiger partial charge >= 0.3 is 0 Å². The van der Waals surface area contributed by atoms with Crippen molar-refractivity contribution in [3.05, 3.63) is 175 Å². The maximum Gasteiger partial charge on any atom is 0.190 e. The number of Topliss-reactive ketones (excluding diaryl/α,β-unsaturated/α-hetero) is 2. The summed E-state index contributed by atoms with van der Waals surface area (Å²) in [5.74, 6) is -0.0322. The van der Waals surface area contributed by atoms with Gasteiger partial charge in [-0.25, -0.2) is 0 Å². The van der Waals surface area contributed by atoms with Gasteiger partial charge in [0, 0.05) is 22.3 Å². The molecule has 0 N–H and O–H groups in total. The SMILES string of the molecule is CC(C)=CCC/C(C)=C/CC/C(C)=C/CC/C(C)=C/CC/C(C)=C/CC/C(C)=C/CC/C(C)=C/CC/C(C)=C/CC/C(C)=C/CC/C(C)=C/CC/C(C)=C/CC1=C(C)C(=O)c2ccccc2C1=O. The van der Waals surface area contributed by atoms with Gasteiger partial charge in [0.15, 0.2) is 11.6 Å².